The molecule has 0 spiro atoms. The molecule has 0 aliphatic carbocycles. The molecule has 126 valence electrons. The molecule has 3 aromatic rings. The number of aliphatic carboxylic acids is 1. The number of hydrogen-bond donors (Lipinski definition) is 3. The van der Waals surface area contributed by atoms with Crippen molar-refractivity contribution in [1.29, 1.82) is 0 Å². The zero-order valence-corrected chi connectivity index (χ0v) is 13.8. The van der Waals surface area contributed by atoms with Crippen LogP contribution in [0.4, 0.5) is 0 Å². The van der Waals surface area contributed by atoms with Crippen LogP contribution < -0.4 is 5.32 Å². The molecule has 3 rings (SSSR count). The minimum absolute atomic E-state index is 0.135. The van der Waals surface area contributed by atoms with E-state index in [1.54, 1.807) is 10.6 Å². The average molecular weight is 328 g/mol. The number of carboxylic acid groups (broad SMARTS) is 1. The maximum absolute atomic E-state index is 12.5. The van der Waals surface area contributed by atoms with Crippen molar-refractivity contribution in [2.45, 2.75) is 33.2 Å². The smallest absolute Gasteiger partial charge is 0.305 e. The zero-order valence-electron chi connectivity index (χ0n) is 13.8. The van der Waals surface area contributed by atoms with Crippen LogP contribution in [-0.2, 0) is 4.79 Å². The van der Waals surface area contributed by atoms with Gasteiger partial charge < -0.3 is 15.4 Å². The summed E-state index contributed by atoms with van der Waals surface area (Å²) < 4.78 is 1.67. The third kappa shape index (κ3) is 2.97. The van der Waals surface area contributed by atoms with Crippen LogP contribution >= 0.6 is 0 Å². The summed E-state index contributed by atoms with van der Waals surface area (Å²) >= 11 is 0. The normalized spacial score (nSPS) is 13.3. The number of benzene rings is 1. The number of nitrogens with one attached hydrogen (secondary N) is 2. The van der Waals surface area contributed by atoms with Gasteiger partial charge in [-0.2, -0.15) is 5.10 Å². The third-order valence-electron chi connectivity index (χ3n) is 4.07. The van der Waals surface area contributed by atoms with E-state index < -0.39 is 12.0 Å². The van der Waals surface area contributed by atoms with Crippen molar-refractivity contribution in [3.05, 3.63) is 36.0 Å². The van der Waals surface area contributed by atoms with Gasteiger partial charge in [-0.1, -0.05) is 32.9 Å². The Morgan fingerprint density at radius 1 is 1.33 bits per heavy atom. The highest BCUT2D eigenvalue weighted by molar-refractivity contribution is 5.94. The van der Waals surface area contributed by atoms with Crippen molar-refractivity contribution in [3.8, 4) is 0 Å². The van der Waals surface area contributed by atoms with Crippen LogP contribution in [-0.4, -0.2) is 37.6 Å². The lowest BCUT2D eigenvalue weighted by Gasteiger charge is -2.30. The molecule has 24 heavy (non-hydrogen) atoms. The van der Waals surface area contributed by atoms with Crippen molar-refractivity contribution in [1.82, 2.24) is 19.9 Å². The average Bonchev–Trinajstić information content (AvgIpc) is 3.02. The molecule has 0 radical (unpaired) electrons. The largest absolute Gasteiger partial charge is 0.481 e. The van der Waals surface area contributed by atoms with Gasteiger partial charge in [-0.15, -0.1) is 0 Å². The predicted molar refractivity (Wildman–Crippen MR) is 90.0 cm³/mol. The van der Waals surface area contributed by atoms with Gasteiger partial charge in [0.05, 0.1) is 17.5 Å². The monoisotopic (exact) mass is 328 g/mol. The fourth-order valence-electron chi connectivity index (χ4n) is 2.65. The lowest BCUT2D eigenvalue weighted by molar-refractivity contribution is -0.138. The Bertz CT molecular complexity index is 917. The summed E-state index contributed by atoms with van der Waals surface area (Å²) in [6, 6.07) is 8.85. The lowest BCUT2D eigenvalue weighted by atomic mass is 9.84. The number of para-hydroxylation sites is 2. The first-order valence-corrected chi connectivity index (χ1v) is 7.75. The molecule has 0 saturated carbocycles. The van der Waals surface area contributed by atoms with Gasteiger partial charge in [-0.25, -0.2) is 4.52 Å². The number of rotatable bonds is 4. The first-order chi connectivity index (χ1) is 11.3. The molecule has 7 nitrogen and oxygen atoms in total. The summed E-state index contributed by atoms with van der Waals surface area (Å²) in [4.78, 5) is 26.7. The molecule has 1 atom stereocenters. The number of carbonyl (C=O) groups excluding carboxylic acids is 1. The van der Waals surface area contributed by atoms with Gasteiger partial charge in [-0.05, 0) is 17.5 Å². The SMILES string of the molecule is CC(C)(C)C(CC(=O)O)NC(=O)c1cc2[nH]c3ccccc3n2n1. The molecule has 0 bridgehead atoms. The van der Waals surface area contributed by atoms with Crippen molar-refractivity contribution in [3.63, 3.8) is 0 Å². The van der Waals surface area contributed by atoms with Gasteiger partial charge in [0.2, 0.25) is 0 Å². The second-order valence-corrected chi connectivity index (χ2v) is 6.96. The molecule has 3 N–H and O–H groups in total. The van der Waals surface area contributed by atoms with Gasteiger partial charge in [-0.3, -0.25) is 9.59 Å². The highest BCUT2D eigenvalue weighted by atomic mass is 16.4. The van der Waals surface area contributed by atoms with Gasteiger partial charge in [0.25, 0.3) is 5.91 Å². The van der Waals surface area contributed by atoms with E-state index in [9.17, 15) is 9.59 Å². The van der Waals surface area contributed by atoms with Crippen LogP contribution in [0, 0.1) is 5.41 Å². The highest BCUT2D eigenvalue weighted by Crippen LogP contribution is 2.23. The molecule has 1 aromatic carbocycles. The van der Waals surface area contributed by atoms with Crippen molar-refractivity contribution < 1.29 is 14.7 Å². The van der Waals surface area contributed by atoms with Crippen LogP contribution in [0.15, 0.2) is 30.3 Å². The number of carboxylic acids is 1. The van der Waals surface area contributed by atoms with Crippen LogP contribution in [0.5, 0.6) is 0 Å². The van der Waals surface area contributed by atoms with Gasteiger partial charge in [0.1, 0.15) is 5.65 Å². The molecule has 2 heterocycles. The van der Waals surface area contributed by atoms with Crippen LogP contribution in [0.25, 0.3) is 16.7 Å². The van der Waals surface area contributed by atoms with Crippen LogP contribution in [0.3, 0.4) is 0 Å². The third-order valence-corrected chi connectivity index (χ3v) is 4.07. The number of hydrogen-bond acceptors (Lipinski definition) is 3. The van der Waals surface area contributed by atoms with Crippen molar-refractivity contribution >= 4 is 28.6 Å². The number of H-pyrrole nitrogens is 1. The summed E-state index contributed by atoms with van der Waals surface area (Å²) in [5, 5.41) is 16.2. The Balaban J connectivity index is 1.89. The molecular formula is C17H20N4O3. The van der Waals surface area contributed by atoms with E-state index in [2.05, 4.69) is 15.4 Å². The van der Waals surface area contributed by atoms with Gasteiger partial charge >= 0.3 is 5.97 Å². The van der Waals surface area contributed by atoms with Gasteiger partial charge in [0.15, 0.2) is 5.69 Å². The minimum atomic E-state index is -0.946. The highest BCUT2D eigenvalue weighted by Gasteiger charge is 2.29. The van der Waals surface area contributed by atoms with Crippen LogP contribution in [0.1, 0.15) is 37.7 Å². The molecule has 0 aliphatic rings. The number of amides is 1. The zero-order chi connectivity index (χ0) is 17.5. The number of imidazole rings is 1. The topological polar surface area (TPSA) is 99.5 Å². The number of aromatic nitrogens is 3. The van der Waals surface area contributed by atoms with E-state index in [0.717, 1.165) is 11.0 Å². The standard InChI is InChI=1S/C17H20N4O3/c1-17(2,3)13(9-15(22)23)19-16(24)11-8-14-18-10-6-4-5-7-12(10)21(14)20-11/h4-8,13,18H,9H2,1-3H3,(H,19,24)(H,22,23). The number of fused-ring (bicyclic) bond motifs is 3. The summed E-state index contributed by atoms with van der Waals surface area (Å²) in [7, 11) is 0. The van der Waals surface area contributed by atoms with E-state index in [1.165, 1.54) is 0 Å². The summed E-state index contributed by atoms with van der Waals surface area (Å²) in [5.74, 6) is -1.32. The van der Waals surface area contributed by atoms with E-state index in [4.69, 9.17) is 5.11 Å². The fourth-order valence-corrected chi connectivity index (χ4v) is 2.65. The summed E-state index contributed by atoms with van der Waals surface area (Å²) in [6.07, 6.45) is -0.135. The molecule has 1 amide bonds. The Kier molecular flexibility index (Phi) is 3.79. The minimum Gasteiger partial charge on any atom is -0.481 e. The molecule has 0 saturated heterocycles. The van der Waals surface area contributed by atoms with Gasteiger partial charge in [0, 0.05) is 12.1 Å². The maximum atomic E-state index is 12.5. The second kappa shape index (κ2) is 5.67. The molecule has 0 aliphatic heterocycles. The summed E-state index contributed by atoms with van der Waals surface area (Å²) in [5.41, 5.74) is 2.41. The first-order valence-electron chi connectivity index (χ1n) is 7.75. The fraction of sp³-hybridized carbons (Fsp3) is 0.353. The van der Waals surface area contributed by atoms with E-state index in [1.807, 2.05) is 45.0 Å². The Morgan fingerprint density at radius 2 is 2.04 bits per heavy atom. The first kappa shape index (κ1) is 16.0. The van der Waals surface area contributed by atoms with Crippen molar-refractivity contribution in [2.24, 2.45) is 5.41 Å². The second-order valence-electron chi connectivity index (χ2n) is 6.96. The number of nitrogens with zero attached hydrogens (tertiary/aromatic N) is 2. The quantitative estimate of drug-likeness (QED) is 0.685. The van der Waals surface area contributed by atoms with Crippen LogP contribution in [0.2, 0.25) is 0 Å². The molecule has 1 unspecified atom stereocenters. The van der Waals surface area contributed by atoms with Crippen molar-refractivity contribution in [2.75, 3.05) is 0 Å². The number of aromatic amines is 1. The molecule has 2 aromatic heterocycles. The van der Waals surface area contributed by atoms with E-state index in [0.29, 0.717) is 5.65 Å². The Morgan fingerprint density at radius 3 is 2.71 bits per heavy atom. The molecular weight excluding hydrogens is 308 g/mol. The van der Waals surface area contributed by atoms with E-state index >= 15 is 0 Å². The lowest BCUT2D eigenvalue weighted by Crippen LogP contribution is -2.45. The predicted octanol–water partition coefficient (Wildman–Crippen LogP) is 2.43. The molecule has 7 heteroatoms. The number of carbonyl (C=O) groups is 2. The Hall–Kier alpha value is -2.83. The Labute approximate surface area is 138 Å². The summed E-state index contributed by atoms with van der Waals surface area (Å²) in [6.45, 7) is 5.68. The maximum Gasteiger partial charge on any atom is 0.305 e. The molecule has 0 fully saturated rings. The van der Waals surface area contributed by atoms with E-state index in [-0.39, 0.29) is 23.4 Å².